The van der Waals surface area contributed by atoms with E-state index in [0.717, 1.165) is 0 Å². The maximum Gasteiger partial charge on any atom is 0.234 e. The standard InChI is InChI=1S/C17H16N4O4/c1-22-12-5-9(6-13(23-2)16(12)24-3)15-10(7-18)14(20)11(8-19)17(21-15)25-4/h5-6H,1-4H3,(H2,20,21). The lowest BCUT2D eigenvalue weighted by atomic mass is 10.0. The largest absolute Gasteiger partial charge is 0.493 e. The fourth-order valence-corrected chi connectivity index (χ4v) is 2.38. The fraction of sp³-hybridized carbons (Fsp3) is 0.235. The molecule has 0 aliphatic rings. The van der Waals surface area contributed by atoms with Crippen molar-refractivity contribution < 1.29 is 18.9 Å². The quantitative estimate of drug-likeness (QED) is 0.877. The van der Waals surface area contributed by atoms with Crippen molar-refractivity contribution in [1.29, 1.82) is 10.5 Å². The third-order valence-corrected chi connectivity index (χ3v) is 3.56. The first-order chi connectivity index (χ1) is 12.1. The molecule has 0 saturated carbocycles. The summed E-state index contributed by atoms with van der Waals surface area (Å²) < 4.78 is 21.0. The lowest BCUT2D eigenvalue weighted by molar-refractivity contribution is 0.324. The van der Waals surface area contributed by atoms with Gasteiger partial charge in [-0.15, -0.1) is 0 Å². The highest BCUT2D eigenvalue weighted by atomic mass is 16.5. The Bertz CT molecular complexity index is 872. The molecule has 25 heavy (non-hydrogen) atoms. The molecule has 0 aliphatic carbocycles. The number of hydrogen-bond acceptors (Lipinski definition) is 8. The van der Waals surface area contributed by atoms with Crippen LogP contribution in [0.15, 0.2) is 12.1 Å². The number of nitrogen functional groups attached to an aromatic ring is 1. The molecule has 0 saturated heterocycles. The van der Waals surface area contributed by atoms with E-state index < -0.39 is 0 Å². The lowest BCUT2D eigenvalue weighted by Gasteiger charge is -2.16. The normalized spacial score (nSPS) is 9.68. The molecule has 8 heteroatoms. The minimum Gasteiger partial charge on any atom is -0.493 e. The molecule has 2 N–H and O–H groups in total. The van der Waals surface area contributed by atoms with Crippen molar-refractivity contribution in [2.24, 2.45) is 0 Å². The molecule has 0 aliphatic heterocycles. The minimum atomic E-state index is 0.000557. The van der Waals surface area contributed by atoms with Crippen LogP contribution in [0.25, 0.3) is 11.3 Å². The van der Waals surface area contributed by atoms with Crippen LogP contribution >= 0.6 is 0 Å². The van der Waals surface area contributed by atoms with Crippen molar-refractivity contribution in [3.05, 3.63) is 23.3 Å². The fourth-order valence-electron chi connectivity index (χ4n) is 2.38. The van der Waals surface area contributed by atoms with E-state index in [2.05, 4.69) is 4.98 Å². The molecule has 0 amide bonds. The van der Waals surface area contributed by atoms with Gasteiger partial charge in [-0.25, -0.2) is 4.98 Å². The van der Waals surface area contributed by atoms with Crippen molar-refractivity contribution in [3.8, 4) is 46.5 Å². The SMILES string of the molecule is COc1cc(-c2nc(OC)c(C#N)c(N)c2C#N)cc(OC)c1OC. The Balaban J connectivity index is 2.85. The van der Waals surface area contributed by atoms with Gasteiger partial charge in [0.05, 0.1) is 39.8 Å². The number of methoxy groups -OCH3 is 4. The van der Waals surface area contributed by atoms with Crippen LogP contribution in [0.2, 0.25) is 0 Å². The topological polar surface area (TPSA) is 123 Å². The summed E-state index contributed by atoms with van der Waals surface area (Å²) in [6.45, 7) is 0. The summed E-state index contributed by atoms with van der Waals surface area (Å²) in [7, 11) is 5.82. The van der Waals surface area contributed by atoms with Gasteiger partial charge in [-0.3, -0.25) is 0 Å². The van der Waals surface area contributed by atoms with E-state index in [-0.39, 0.29) is 28.4 Å². The number of anilines is 1. The molecule has 2 aromatic rings. The number of nitrogens with zero attached hydrogens (tertiary/aromatic N) is 3. The number of rotatable bonds is 5. The summed E-state index contributed by atoms with van der Waals surface area (Å²) in [5, 5.41) is 18.7. The van der Waals surface area contributed by atoms with Gasteiger partial charge in [0.15, 0.2) is 11.5 Å². The van der Waals surface area contributed by atoms with Gasteiger partial charge in [0, 0.05) is 5.56 Å². The van der Waals surface area contributed by atoms with Crippen LogP contribution in [-0.2, 0) is 0 Å². The first-order valence-corrected chi connectivity index (χ1v) is 7.04. The molecule has 1 aromatic carbocycles. The van der Waals surface area contributed by atoms with Gasteiger partial charge in [0.1, 0.15) is 23.3 Å². The van der Waals surface area contributed by atoms with Crippen molar-refractivity contribution in [2.45, 2.75) is 0 Å². The predicted molar refractivity (Wildman–Crippen MR) is 89.7 cm³/mol. The van der Waals surface area contributed by atoms with Crippen LogP contribution in [-0.4, -0.2) is 33.4 Å². The monoisotopic (exact) mass is 340 g/mol. The molecule has 128 valence electrons. The van der Waals surface area contributed by atoms with E-state index in [1.807, 2.05) is 12.1 Å². The number of nitriles is 2. The van der Waals surface area contributed by atoms with Gasteiger partial charge in [0.2, 0.25) is 11.6 Å². The zero-order valence-corrected chi connectivity index (χ0v) is 14.2. The molecule has 8 nitrogen and oxygen atoms in total. The third-order valence-electron chi connectivity index (χ3n) is 3.56. The van der Waals surface area contributed by atoms with Crippen molar-refractivity contribution >= 4 is 5.69 Å². The van der Waals surface area contributed by atoms with Gasteiger partial charge >= 0.3 is 0 Å². The number of pyridine rings is 1. The van der Waals surface area contributed by atoms with Gasteiger partial charge in [-0.1, -0.05) is 0 Å². The van der Waals surface area contributed by atoms with Gasteiger partial charge in [-0.05, 0) is 12.1 Å². The number of aromatic nitrogens is 1. The average Bonchev–Trinajstić information content (AvgIpc) is 2.65. The second kappa shape index (κ2) is 7.28. The lowest BCUT2D eigenvalue weighted by Crippen LogP contribution is -2.04. The Hall–Kier alpha value is -3.65. The summed E-state index contributed by atoms with van der Waals surface area (Å²) in [6, 6.07) is 7.15. The predicted octanol–water partition coefficient (Wildman–Crippen LogP) is 2.11. The summed E-state index contributed by atoms with van der Waals surface area (Å²) in [4.78, 5) is 4.27. The molecule has 0 radical (unpaired) electrons. The molecular formula is C17H16N4O4. The number of ether oxygens (including phenoxy) is 4. The van der Waals surface area contributed by atoms with E-state index in [1.165, 1.54) is 28.4 Å². The summed E-state index contributed by atoms with van der Waals surface area (Å²) in [5.41, 5.74) is 6.78. The summed E-state index contributed by atoms with van der Waals surface area (Å²) in [5.74, 6) is 1.22. The maximum atomic E-state index is 9.49. The van der Waals surface area contributed by atoms with E-state index in [0.29, 0.717) is 22.8 Å². The van der Waals surface area contributed by atoms with Crippen LogP contribution in [0, 0.1) is 22.7 Å². The van der Waals surface area contributed by atoms with Crippen molar-refractivity contribution in [2.75, 3.05) is 34.2 Å². The van der Waals surface area contributed by atoms with Crippen LogP contribution in [0.5, 0.6) is 23.1 Å². The molecule has 0 spiro atoms. The van der Waals surface area contributed by atoms with E-state index in [4.69, 9.17) is 24.7 Å². The molecule has 0 bridgehead atoms. The highest BCUT2D eigenvalue weighted by molar-refractivity contribution is 5.81. The molecule has 0 fully saturated rings. The highest BCUT2D eigenvalue weighted by Crippen LogP contribution is 2.42. The second-order valence-electron chi connectivity index (χ2n) is 4.77. The Morgan fingerprint density at radius 3 is 1.84 bits per heavy atom. The Kier molecular flexibility index (Phi) is 5.15. The van der Waals surface area contributed by atoms with Crippen LogP contribution in [0.1, 0.15) is 11.1 Å². The van der Waals surface area contributed by atoms with E-state index in [1.54, 1.807) is 12.1 Å². The molecular weight excluding hydrogens is 324 g/mol. The summed E-state index contributed by atoms with van der Waals surface area (Å²) in [6.07, 6.45) is 0. The molecule has 1 heterocycles. The summed E-state index contributed by atoms with van der Waals surface area (Å²) >= 11 is 0. The smallest absolute Gasteiger partial charge is 0.234 e. The molecule has 2 rings (SSSR count). The average molecular weight is 340 g/mol. The van der Waals surface area contributed by atoms with Crippen molar-refractivity contribution in [1.82, 2.24) is 4.98 Å². The third kappa shape index (κ3) is 2.93. The van der Waals surface area contributed by atoms with E-state index in [9.17, 15) is 10.5 Å². The first-order valence-electron chi connectivity index (χ1n) is 7.04. The number of nitrogens with two attached hydrogens (primary N) is 1. The highest BCUT2D eigenvalue weighted by Gasteiger charge is 2.22. The van der Waals surface area contributed by atoms with Crippen LogP contribution in [0.3, 0.4) is 0 Å². The number of benzene rings is 1. The van der Waals surface area contributed by atoms with Crippen LogP contribution in [0.4, 0.5) is 5.69 Å². The molecule has 0 atom stereocenters. The zero-order chi connectivity index (χ0) is 18.6. The molecule has 0 unspecified atom stereocenters. The maximum absolute atomic E-state index is 9.49. The van der Waals surface area contributed by atoms with Crippen LogP contribution < -0.4 is 24.7 Å². The van der Waals surface area contributed by atoms with E-state index >= 15 is 0 Å². The Morgan fingerprint density at radius 1 is 0.880 bits per heavy atom. The van der Waals surface area contributed by atoms with Crippen molar-refractivity contribution in [3.63, 3.8) is 0 Å². The second-order valence-corrected chi connectivity index (χ2v) is 4.77. The zero-order valence-electron chi connectivity index (χ0n) is 14.2. The minimum absolute atomic E-state index is 0.000557. The first kappa shape index (κ1) is 17.7. The number of hydrogen-bond donors (Lipinski definition) is 1. The van der Waals surface area contributed by atoms with Gasteiger partial charge in [-0.2, -0.15) is 10.5 Å². The molecule has 1 aromatic heterocycles. The van der Waals surface area contributed by atoms with Gasteiger partial charge < -0.3 is 24.7 Å². The Morgan fingerprint density at radius 2 is 1.44 bits per heavy atom. The Labute approximate surface area is 144 Å². The van der Waals surface area contributed by atoms with Gasteiger partial charge in [0.25, 0.3) is 0 Å².